The van der Waals surface area contributed by atoms with Crippen LogP contribution >= 0.6 is 22.9 Å². The molecule has 0 spiro atoms. The molecule has 0 bridgehead atoms. The van der Waals surface area contributed by atoms with E-state index in [1.54, 1.807) is 19.1 Å². The Morgan fingerprint density at radius 1 is 1.32 bits per heavy atom. The topological polar surface area (TPSA) is 52.0 Å². The summed E-state index contributed by atoms with van der Waals surface area (Å²) in [6.45, 7) is 3.17. The predicted molar refractivity (Wildman–Crippen MR) is 89.7 cm³/mol. The number of hydrogen-bond acceptors (Lipinski definition) is 4. The molecule has 0 unspecified atom stereocenters. The van der Waals surface area contributed by atoms with Crippen LogP contribution in [-0.4, -0.2) is 15.3 Å². The van der Waals surface area contributed by atoms with E-state index in [1.807, 2.05) is 17.5 Å². The van der Waals surface area contributed by atoms with Crippen LogP contribution < -0.4 is 5.56 Å². The van der Waals surface area contributed by atoms with E-state index in [9.17, 15) is 9.59 Å². The number of fused-ring (bicyclic) bond motifs is 1. The average molecular weight is 333 g/mol. The Morgan fingerprint density at radius 3 is 2.64 bits per heavy atom. The number of halogens is 1. The molecule has 112 valence electrons. The zero-order chi connectivity index (χ0) is 15.9. The lowest BCUT2D eigenvalue weighted by atomic mass is 10.1. The summed E-state index contributed by atoms with van der Waals surface area (Å²) in [6.07, 6.45) is 1.44. The minimum atomic E-state index is -0.526. The molecule has 6 heteroatoms. The van der Waals surface area contributed by atoms with Crippen molar-refractivity contribution in [2.24, 2.45) is 0 Å². The summed E-state index contributed by atoms with van der Waals surface area (Å²) >= 11 is 7.32. The number of rotatable bonds is 3. The molecule has 0 radical (unpaired) electrons. The standard InChI is InChI=1S/C16H13ClN2O2S/c1-9(10(2)20)19-8-18-15-14(16(19)21)13(7-22-15)11-3-5-12(17)6-4-11/h3-9H,1-2H3/t9-/m1/s1. The SMILES string of the molecule is CC(=O)[C@@H](C)n1cnc2scc(-c3ccc(Cl)cc3)c2c1=O. The van der Waals surface area contributed by atoms with Crippen molar-refractivity contribution in [1.82, 2.24) is 9.55 Å². The second-order valence-corrected chi connectivity index (χ2v) is 6.37. The van der Waals surface area contributed by atoms with Gasteiger partial charge in [-0.3, -0.25) is 14.2 Å². The molecule has 1 atom stereocenters. The summed E-state index contributed by atoms with van der Waals surface area (Å²) < 4.78 is 1.39. The van der Waals surface area contributed by atoms with Gasteiger partial charge in [0, 0.05) is 16.0 Å². The second-order valence-electron chi connectivity index (χ2n) is 5.08. The van der Waals surface area contributed by atoms with Gasteiger partial charge in [0.25, 0.3) is 5.56 Å². The van der Waals surface area contributed by atoms with E-state index in [-0.39, 0.29) is 11.3 Å². The van der Waals surface area contributed by atoms with Crippen molar-refractivity contribution in [2.75, 3.05) is 0 Å². The molecule has 1 aromatic carbocycles. The summed E-state index contributed by atoms with van der Waals surface area (Å²) in [6, 6.07) is 6.78. The third-order valence-electron chi connectivity index (χ3n) is 3.68. The molecule has 22 heavy (non-hydrogen) atoms. The van der Waals surface area contributed by atoms with Gasteiger partial charge in [-0.15, -0.1) is 11.3 Å². The summed E-state index contributed by atoms with van der Waals surface area (Å²) in [5.74, 6) is -0.0773. The van der Waals surface area contributed by atoms with E-state index in [4.69, 9.17) is 11.6 Å². The highest BCUT2D eigenvalue weighted by atomic mass is 35.5. The van der Waals surface area contributed by atoms with E-state index in [0.717, 1.165) is 11.1 Å². The molecule has 0 N–H and O–H groups in total. The number of carbonyl (C=O) groups excluding carboxylic acids is 1. The molecule has 0 saturated carbocycles. The lowest BCUT2D eigenvalue weighted by Crippen LogP contribution is -2.27. The Bertz CT molecular complexity index is 912. The fourth-order valence-electron chi connectivity index (χ4n) is 2.26. The molecular formula is C16H13ClN2O2S. The maximum atomic E-state index is 12.7. The van der Waals surface area contributed by atoms with Gasteiger partial charge >= 0.3 is 0 Å². The zero-order valence-electron chi connectivity index (χ0n) is 12.0. The molecule has 0 aliphatic heterocycles. The summed E-state index contributed by atoms with van der Waals surface area (Å²) in [5.41, 5.74) is 1.53. The number of hydrogen-bond donors (Lipinski definition) is 0. The van der Waals surface area contributed by atoms with Crippen molar-refractivity contribution in [2.45, 2.75) is 19.9 Å². The van der Waals surface area contributed by atoms with Crippen LogP contribution in [0.1, 0.15) is 19.9 Å². The number of nitrogens with zero attached hydrogens (tertiary/aromatic N) is 2. The first-order valence-electron chi connectivity index (χ1n) is 6.73. The maximum absolute atomic E-state index is 12.7. The van der Waals surface area contributed by atoms with Gasteiger partial charge in [-0.1, -0.05) is 23.7 Å². The molecule has 0 aliphatic carbocycles. The monoisotopic (exact) mass is 332 g/mol. The molecule has 4 nitrogen and oxygen atoms in total. The lowest BCUT2D eigenvalue weighted by Gasteiger charge is -2.11. The van der Waals surface area contributed by atoms with Gasteiger partial charge < -0.3 is 0 Å². The molecular weight excluding hydrogens is 320 g/mol. The minimum Gasteiger partial charge on any atom is -0.298 e. The number of carbonyl (C=O) groups is 1. The third kappa shape index (κ3) is 2.46. The van der Waals surface area contributed by atoms with E-state index < -0.39 is 6.04 Å². The fourth-order valence-corrected chi connectivity index (χ4v) is 3.29. The quantitative estimate of drug-likeness (QED) is 0.730. The Hall–Kier alpha value is -1.98. The highest BCUT2D eigenvalue weighted by Gasteiger charge is 2.17. The highest BCUT2D eigenvalue weighted by Crippen LogP contribution is 2.31. The zero-order valence-corrected chi connectivity index (χ0v) is 13.6. The summed E-state index contributed by atoms with van der Waals surface area (Å²) in [5, 5.41) is 3.09. The first-order valence-corrected chi connectivity index (χ1v) is 7.99. The second kappa shape index (κ2) is 5.66. The number of Topliss-reactive ketones (excluding diaryl/α,β-unsaturated/α-hetero) is 1. The smallest absolute Gasteiger partial charge is 0.263 e. The molecule has 0 fully saturated rings. The fraction of sp³-hybridized carbons (Fsp3) is 0.188. The molecule has 2 heterocycles. The van der Waals surface area contributed by atoms with Crippen LogP contribution in [0.5, 0.6) is 0 Å². The normalized spacial score (nSPS) is 12.5. The molecule has 0 amide bonds. The van der Waals surface area contributed by atoms with Crippen molar-refractivity contribution < 1.29 is 4.79 Å². The summed E-state index contributed by atoms with van der Waals surface area (Å²) in [4.78, 5) is 29.3. The van der Waals surface area contributed by atoms with Gasteiger partial charge in [0.15, 0.2) is 5.78 Å². The Morgan fingerprint density at radius 2 is 2.00 bits per heavy atom. The van der Waals surface area contributed by atoms with Crippen molar-refractivity contribution in [1.29, 1.82) is 0 Å². The van der Waals surface area contributed by atoms with E-state index in [1.165, 1.54) is 29.2 Å². The number of ketones is 1. The Kier molecular flexibility index (Phi) is 3.85. The maximum Gasteiger partial charge on any atom is 0.263 e. The number of thiophene rings is 1. The van der Waals surface area contributed by atoms with Crippen LogP contribution in [0.15, 0.2) is 40.8 Å². The van der Waals surface area contributed by atoms with Crippen LogP contribution in [-0.2, 0) is 4.79 Å². The van der Waals surface area contributed by atoms with Gasteiger partial charge in [0.1, 0.15) is 4.83 Å². The molecule has 0 saturated heterocycles. The molecule has 2 aromatic heterocycles. The molecule has 3 rings (SSSR count). The van der Waals surface area contributed by atoms with Crippen molar-refractivity contribution in [3.05, 3.63) is 51.3 Å². The molecule has 0 aliphatic rings. The van der Waals surface area contributed by atoms with Gasteiger partial charge in [-0.2, -0.15) is 0 Å². The predicted octanol–water partition coefficient (Wildman–Crippen LogP) is 3.93. The highest BCUT2D eigenvalue weighted by molar-refractivity contribution is 7.17. The van der Waals surface area contributed by atoms with Gasteiger partial charge in [-0.25, -0.2) is 4.98 Å². The van der Waals surface area contributed by atoms with Crippen LogP contribution in [0.25, 0.3) is 21.3 Å². The van der Waals surface area contributed by atoms with Crippen molar-refractivity contribution in [3.8, 4) is 11.1 Å². The number of aromatic nitrogens is 2. The minimum absolute atomic E-state index is 0.0773. The number of benzene rings is 1. The average Bonchev–Trinajstić information content (AvgIpc) is 2.92. The van der Waals surface area contributed by atoms with Gasteiger partial charge in [-0.05, 0) is 31.5 Å². The summed E-state index contributed by atoms with van der Waals surface area (Å²) in [7, 11) is 0. The van der Waals surface area contributed by atoms with Crippen LogP contribution in [0, 0.1) is 0 Å². The van der Waals surface area contributed by atoms with Crippen LogP contribution in [0.2, 0.25) is 5.02 Å². The van der Waals surface area contributed by atoms with Crippen LogP contribution in [0.4, 0.5) is 0 Å². The third-order valence-corrected chi connectivity index (χ3v) is 4.82. The largest absolute Gasteiger partial charge is 0.298 e. The van der Waals surface area contributed by atoms with Crippen molar-refractivity contribution >= 4 is 38.9 Å². The molecule has 3 aromatic rings. The van der Waals surface area contributed by atoms with Gasteiger partial charge in [0.05, 0.1) is 17.8 Å². The first kappa shape index (κ1) is 14.9. The van der Waals surface area contributed by atoms with Gasteiger partial charge in [0.2, 0.25) is 0 Å². The van der Waals surface area contributed by atoms with E-state index in [0.29, 0.717) is 15.2 Å². The van der Waals surface area contributed by atoms with Crippen LogP contribution in [0.3, 0.4) is 0 Å². The van der Waals surface area contributed by atoms with E-state index in [2.05, 4.69) is 4.98 Å². The van der Waals surface area contributed by atoms with Crippen molar-refractivity contribution in [3.63, 3.8) is 0 Å². The van der Waals surface area contributed by atoms with E-state index >= 15 is 0 Å². The Labute approximate surface area is 136 Å². The first-order chi connectivity index (χ1) is 10.5. The lowest BCUT2D eigenvalue weighted by molar-refractivity contribution is -0.119. The Balaban J connectivity index is 2.25.